The molecule has 6 heteroatoms. The molecule has 2 rings (SSSR count). The molecule has 0 spiro atoms. The zero-order valence-electron chi connectivity index (χ0n) is 14.2. The maximum Gasteiger partial charge on any atom is 0.241 e. The van der Waals surface area contributed by atoms with Crippen LogP contribution in [0.5, 0.6) is 0 Å². The van der Waals surface area contributed by atoms with Crippen LogP contribution < -0.4 is 0 Å². The van der Waals surface area contributed by atoms with Crippen molar-refractivity contribution >= 4 is 27.1 Å². The minimum atomic E-state index is -3.43. The van der Waals surface area contributed by atoms with Crippen molar-refractivity contribution in [2.45, 2.75) is 63.0 Å². The van der Waals surface area contributed by atoms with Crippen molar-refractivity contribution in [3.8, 4) is 0 Å². The number of hydrogen-bond donors (Lipinski definition) is 0. The smallest absolute Gasteiger partial charge is 0.241 e. The van der Waals surface area contributed by atoms with Gasteiger partial charge >= 0.3 is 0 Å². The number of nitrogens with zero attached hydrogens (tertiary/aromatic N) is 1. The normalized spacial score (nSPS) is 18.1. The molecule has 0 radical (unpaired) electrons. The number of hydrogen-bond acceptors (Lipinski definition) is 4. The van der Waals surface area contributed by atoms with Gasteiger partial charge in [-0.05, 0) is 30.2 Å². The van der Waals surface area contributed by atoms with Crippen molar-refractivity contribution < 1.29 is 13.2 Å². The third kappa shape index (κ3) is 4.35. The maximum atomic E-state index is 13.0. The largest absolute Gasteiger partial charge is 0.339 e. The van der Waals surface area contributed by atoms with Crippen molar-refractivity contribution in [2.24, 2.45) is 5.92 Å². The van der Waals surface area contributed by atoms with E-state index in [9.17, 15) is 13.2 Å². The van der Waals surface area contributed by atoms with Gasteiger partial charge < -0.3 is 4.90 Å². The van der Waals surface area contributed by atoms with E-state index < -0.39 is 15.1 Å². The van der Waals surface area contributed by atoms with Crippen LogP contribution in [0.25, 0.3) is 0 Å². The van der Waals surface area contributed by atoms with E-state index >= 15 is 0 Å². The first-order chi connectivity index (χ1) is 10.8. The van der Waals surface area contributed by atoms with E-state index in [2.05, 4.69) is 0 Å². The second-order valence-corrected chi connectivity index (χ2v) is 10.2. The van der Waals surface area contributed by atoms with Crippen LogP contribution >= 0.6 is 11.3 Å². The van der Waals surface area contributed by atoms with Gasteiger partial charge in [-0.2, -0.15) is 0 Å². The highest BCUT2D eigenvalue weighted by atomic mass is 32.2. The average molecular weight is 358 g/mol. The molecule has 23 heavy (non-hydrogen) atoms. The Kier molecular flexibility index (Phi) is 6.26. The molecule has 1 aliphatic rings. The van der Waals surface area contributed by atoms with E-state index in [-0.39, 0.29) is 17.1 Å². The van der Waals surface area contributed by atoms with Crippen molar-refractivity contribution in [3.05, 3.63) is 22.4 Å². The van der Waals surface area contributed by atoms with Crippen molar-refractivity contribution in [1.29, 1.82) is 0 Å². The molecule has 1 aromatic rings. The fourth-order valence-electron chi connectivity index (χ4n) is 3.34. The van der Waals surface area contributed by atoms with Gasteiger partial charge in [-0.25, -0.2) is 8.42 Å². The van der Waals surface area contributed by atoms with Crippen molar-refractivity contribution in [3.63, 3.8) is 0 Å². The molecule has 0 aromatic carbocycles. The van der Waals surface area contributed by atoms with Crippen LogP contribution in [0.4, 0.5) is 0 Å². The highest BCUT2D eigenvalue weighted by Crippen LogP contribution is 2.30. The summed E-state index contributed by atoms with van der Waals surface area (Å²) in [4.78, 5) is 15.5. The van der Waals surface area contributed by atoms with Crippen LogP contribution in [0.2, 0.25) is 0 Å². The summed E-state index contributed by atoms with van der Waals surface area (Å²) in [6, 6.07) is 3.91. The number of rotatable bonds is 6. The predicted molar refractivity (Wildman–Crippen MR) is 95.2 cm³/mol. The average Bonchev–Trinajstić information content (AvgIpc) is 3.00. The van der Waals surface area contributed by atoms with E-state index in [0.717, 1.165) is 24.1 Å². The van der Waals surface area contributed by atoms with Crippen LogP contribution in [0.1, 0.15) is 50.8 Å². The first-order valence-electron chi connectivity index (χ1n) is 8.34. The van der Waals surface area contributed by atoms with E-state index in [1.54, 1.807) is 23.3 Å². The SMILES string of the molecule is CC(C)C(C(=O)N(C)Cc1cccs1)S(=O)(=O)C1CCCCC1. The molecule has 1 aromatic heterocycles. The summed E-state index contributed by atoms with van der Waals surface area (Å²) in [6.45, 7) is 4.14. The van der Waals surface area contributed by atoms with Gasteiger partial charge in [-0.15, -0.1) is 11.3 Å². The Bertz CT molecular complexity index is 602. The Hall–Kier alpha value is -0.880. The number of carbonyl (C=O) groups excluding carboxylic acids is 1. The highest BCUT2D eigenvalue weighted by Gasteiger charge is 2.42. The van der Waals surface area contributed by atoms with E-state index in [1.165, 1.54) is 0 Å². The van der Waals surface area contributed by atoms with Gasteiger partial charge in [-0.1, -0.05) is 39.2 Å². The fourth-order valence-corrected chi connectivity index (χ4v) is 6.72. The summed E-state index contributed by atoms with van der Waals surface area (Å²) in [5.74, 6) is -0.473. The molecule has 1 saturated carbocycles. The fraction of sp³-hybridized carbons (Fsp3) is 0.706. The highest BCUT2D eigenvalue weighted by molar-refractivity contribution is 7.93. The molecule has 0 saturated heterocycles. The van der Waals surface area contributed by atoms with E-state index in [1.807, 2.05) is 31.4 Å². The molecule has 1 unspecified atom stereocenters. The quantitative estimate of drug-likeness (QED) is 0.783. The lowest BCUT2D eigenvalue weighted by atomic mass is 10.0. The summed E-state index contributed by atoms with van der Waals surface area (Å²) >= 11 is 1.58. The minimum Gasteiger partial charge on any atom is -0.339 e. The number of amides is 1. The Morgan fingerprint density at radius 3 is 2.48 bits per heavy atom. The van der Waals surface area contributed by atoms with Crippen LogP contribution in [0.3, 0.4) is 0 Å². The summed E-state index contributed by atoms with van der Waals surface area (Å²) in [5, 5.41) is 0.699. The van der Waals surface area contributed by atoms with Gasteiger partial charge in [0.05, 0.1) is 11.8 Å². The number of thiophene rings is 1. The number of sulfone groups is 1. The first-order valence-corrected chi connectivity index (χ1v) is 10.8. The molecule has 1 amide bonds. The third-order valence-electron chi connectivity index (χ3n) is 4.57. The van der Waals surface area contributed by atoms with Crippen LogP contribution in [-0.4, -0.2) is 36.8 Å². The molecule has 130 valence electrons. The zero-order chi connectivity index (χ0) is 17.0. The predicted octanol–water partition coefficient (Wildman–Crippen LogP) is 3.48. The standard InChI is InChI=1S/C17H27NO3S2/c1-13(2)16(23(20,21)15-9-5-4-6-10-15)17(19)18(3)12-14-8-7-11-22-14/h7-8,11,13,15-16H,4-6,9-10,12H2,1-3H3. The molecular weight excluding hydrogens is 330 g/mol. The minimum absolute atomic E-state index is 0.208. The lowest BCUT2D eigenvalue weighted by Crippen LogP contribution is -2.47. The molecule has 4 nitrogen and oxygen atoms in total. The maximum absolute atomic E-state index is 13.0. The monoisotopic (exact) mass is 357 g/mol. The Morgan fingerprint density at radius 2 is 1.96 bits per heavy atom. The van der Waals surface area contributed by atoms with Crippen molar-refractivity contribution in [1.82, 2.24) is 4.90 Å². The lowest BCUT2D eigenvalue weighted by Gasteiger charge is -2.31. The first kappa shape index (κ1) is 18.5. The van der Waals surface area contributed by atoms with E-state index in [0.29, 0.717) is 19.4 Å². The molecule has 0 aliphatic heterocycles. The van der Waals surface area contributed by atoms with Gasteiger partial charge in [-0.3, -0.25) is 4.79 Å². The van der Waals surface area contributed by atoms with Gasteiger partial charge in [0.2, 0.25) is 5.91 Å². The Balaban J connectivity index is 2.17. The molecule has 1 heterocycles. The summed E-state index contributed by atoms with van der Waals surface area (Å²) in [5.41, 5.74) is 0. The van der Waals surface area contributed by atoms with E-state index in [4.69, 9.17) is 0 Å². The molecule has 1 atom stereocenters. The zero-order valence-corrected chi connectivity index (χ0v) is 15.8. The summed E-state index contributed by atoms with van der Waals surface area (Å²) < 4.78 is 26.1. The van der Waals surface area contributed by atoms with Gasteiger partial charge in [0.15, 0.2) is 9.84 Å². The Morgan fingerprint density at radius 1 is 1.30 bits per heavy atom. The molecule has 0 bridgehead atoms. The second-order valence-electron chi connectivity index (χ2n) is 6.79. The van der Waals surface area contributed by atoms with Crippen LogP contribution in [-0.2, 0) is 21.2 Å². The molecule has 1 fully saturated rings. The number of carbonyl (C=O) groups is 1. The third-order valence-corrected chi connectivity index (χ3v) is 8.28. The van der Waals surface area contributed by atoms with Crippen LogP contribution in [0.15, 0.2) is 17.5 Å². The molecule has 0 N–H and O–H groups in total. The van der Waals surface area contributed by atoms with Gasteiger partial charge in [0, 0.05) is 11.9 Å². The lowest BCUT2D eigenvalue weighted by molar-refractivity contribution is -0.130. The van der Waals surface area contributed by atoms with Gasteiger partial charge in [0.25, 0.3) is 0 Å². The second kappa shape index (κ2) is 7.79. The van der Waals surface area contributed by atoms with Gasteiger partial charge in [0.1, 0.15) is 5.25 Å². The summed E-state index contributed by atoms with van der Waals surface area (Å²) in [7, 11) is -1.73. The molecular formula is C17H27NO3S2. The Labute approximate surface area is 143 Å². The summed E-state index contributed by atoms with van der Waals surface area (Å²) in [6.07, 6.45) is 4.41. The topological polar surface area (TPSA) is 54.5 Å². The molecule has 1 aliphatic carbocycles. The van der Waals surface area contributed by atoms with Crippen LogP contribution in [0, 0.1) is 5.92 Å². The van der Waals surface area contributed by atoms with Crippen molar-refractivity contribution in [2.75, 3.05) is 7.05 Å².